The molecule has 0 bridgehead atoms. The van der Waals surface area contributed by atoms with Crippen molar-refractivity contribution in [2.75, 3.05) is 20.2 Å². The molecule has 1 aromatic rings. The van der Waals surface area contributed by atoms with Gasteiger partial charge in [0.25, 0.3) is 0 Å². The lowest BCUT2D eigenvalue weighted by molar-refractivity contribution is -0.141. The molecule has 0 aliphatic carbocycles. The summed E-state index contributed by atoms with van der Waals surface area (Å²) in [6.45, 7) is 1.35. The Morgan fingerprint density at radius 3 is 2.78 bits per heavy atom. The molecule has 0 aromatic heterocycles. The van der Waals surface area contributed by atoms with Crippen LogP contribution in [0.25, 0.3) is 0 Å². The first kappa shape index (κ1) is 16.0. The molecule has 2 aliphatic rings. The van der Waals surface area contributed by atoms with Crippen LogP contribution in [0.2, 0.25) is 0 Å². The zero-order valence-electron chi connectivity index (χ0n) is 13.5. The predicted octanol–water partition coefficient (Wildman–Crippen LogP) is 1.89. The van der Waals surface area contributed by atoms with Gasteiger partial charge in [-0.3, -0.25) is 9.59 Å². The van der Waals surface area contributed by atoms with Crippen molar-refractivity contribution in [3.63, 3.8) is 0 Å². The lowest BCUT2D eigenvalue weighted by atomic mass is 9.84. The molecule has 2 aliphatic heterocycles. The largest absolute Gasteiger partial charge is 0.376 e. The van der Waals surface area contributed by atoms with E-state index in [1.165, 1.54) is 0 Å². The fourth-order valence-corrected chi connectivity index (χ4v) is 3.57. The summed E-state index contributed by atoms with van der Waals surface area (Å²) in [6, 6.07) is 9.62. The highest BCUT2D eigenvalue weighted by molar-refractivity contribution is 5.84. The third-order valence-corrected chi connectivity index (χ3v) is 4.87. The first-order valence-corrected chi connectivity index (χ1v) is 8.36. The number of nitrogens with zero attached hydrogens (tertiary/aromatic N) is 1. The third-order valence-electron chi connectivity index (χ3n) is 4.87. The molecule has 0 radical (unpaired) electrons. The van der Waals surface area contributed by atoms with Gasteiger partial charge in [0.2, 0.25) is 11.8 Å². The number of benzene rings is 1. The van der Waals surface area contributed by atoms with Crippen LogP contribution in [0.4, 0.5) is 0 Å². The molecule has 0 saturated carbocycles. The van der Waals surface area contributed by atoms with Gasteiger partial charge in [-0.2, -0.15) is 0 Å². The summed E-state index contributed by atoms with van der Waals surface area (Å²) in [5, 5.41) is 3.03. The number of nitrogens with one attached hydrogen (secondary N) is 1. The second-order valence-electron chi connectivity index (χ2n) is 6.39. The number of amides is 2. The third kappa shape index (κ3) is 3.55. The van der Waals surface area contributed by atoms with Crippen molar-refractivity contribution in [3.8, 4) is 0 Å². The van der Waals surface area contributed by atoms with E-state index in [2.05, 4.69) is 5.32 Å². The van der Waals surface area contributed by atoms with Gasteiger partial charge in [-0.15, -0.1) is 0 Å². The van der Waals surface area contributed by atoms with Crippen LogP contribution in [0.3, 0.4) is 0 Å². The normalized spacial score (nSPS) is 28.0. The maximum Gasteiger partial charge on any atom is 0.225 e. The predicted molar refractivity (Wildman–Crippen MR) is 86.7 cm³/mol. The van der Waals surface area contributed by atoms with E-state index in [4.69, 9.17) is 4.74 Å². The standard InChI is InChI=1S/C18H24N2O3/c1-20-16(21)10-9-15(17(20)13-6-3-2-4-7-13)18(22)19-12-14-8-5-11-23-14/h2-4,6-7,14-15,17H,5,8-12H2,1H3,(H,19,22)/t14-,15-,17+/m0/s1. The van der Waals surface area contributed by atoms with Crippen LogP contribution in [0.1, 0.15) is 37.3 Å². The fourth-order valence-electron chi connectivity index (χ4n) is 3.57. The Balaban J connectivity index is 1.72. The summed E-state index contributed by atoms with van der Waals surface area (Å²) in [7, 11) is 1.79. The SMILES string of the molecule is CN1C(=O)CC[C@H](C(=O)NC[C@@H]2CCCO2)[C@H]1c1ccccc1. The van der Waals surface area contributed by atoms with Crippen molar-refractivity contribution < 1.29 is 14.3 Å². The van der Waals surface area contributed by atoms with Crippen molar-refractivity contribution in [3.05, 3.63) is 35.9 Å². The molecular weight excluding hydrogens is 292 g/mol. The van der Waals surface area contributed by atoms with E-state index >= 15 is 0 Å². The molecule has 5 heteroatoms. The van der Waals surface area contributed by atoms with Gasteiger partial charge in [0.1, 0.15) is 0 Å². The number of hydrogen-bond donors (Lipinski definition) is 1. The quantitative estimate of drug-likeness (QED) is 0.923. The van der Waals surface area contributed by atoms with Crippen LogP contribution < -0.4 is 5.32 Å². The van der Waals surface area contributed by atoms with Crippen LogP contribution >= 0.6 is 0 Å². The van der Waals surface area contributed by atoms with E-state index in [0.717, 1.165) is 25.0 Å². The number of ether oxygens (including phenoxy) is 1. The van der Waals surface area contributed by atoms with Gasteiger partial charge in [0.05, 0.1) is 18.1 Å². The van der Waals surface area contributed by atoms with Crippen molar-refractivity contribution in [2.24, 2.45) is 5.92 Å². The smallest absolute Gasteiger partial charge is 0.225 e. The molecule has 3 atom stereocenters. The van der Waals surface area contributed by atoms with E-state index < -0.39 is 0 Å². The average Bonchev–Trinajstić information content (AvgIpc) is 3.09. The summed E-state index contributed by atoms with van der Waals surface area (Å²) in [4.78, 5) is 26.5. The summed E-state index contributed by atoms with van der Waals surface area (Å²) < 4.78 is 5.56. The first-order valence-electron chi connectivity index (χ1n) is 8.36. The number of likely N-dealkylation sites (tertiary alicyclic amines) is 1. The van der Waals surface area contributed by atoms with E-state index in [9.17, 15) is 9.59 Å². The van der Waals surface area contributed by atoms with Crippen molar-refractivity contribution in [1.82, 2.24) is 10.2 Å². The summed E-state index contributed by atoms with van der Waals surface area (Å²) in [6.07, 6.45) is 3.23. The zero-order valence-corrected chi connectivity index (χ0v) is 13.5. The summed E-state index contributed by atoms with van der Waals surface area (Å²) in [5.41, 5.74) is 1.01. The molecule has 2 amide bonds. The van der Waals surface area contributed by atoms with Gasteiger partial charge in [-0.05, 0) is 24.8 Å². The van der Waals surface area contributed by atoms with Crippen LogP contribution in [-0.2, 0) is 14.3 Å². The second kappa shape index (κ2) is 7.13. The van der Waals surface area contributed by atoms with Gasteiger partial charge in [0.15, 0.2) is 0 Å². The van der Waals surface area contributed by atoms with Crippen LogP contribution in [0.5, 0.6) is 0 Å². The van der Waals surface area contributed by atoms with Gasteiger partial charge < -0.3 is 15.0 Å². The van der Waals surface area contributed by atoms with Crippen LogP contribution in [0, 0.1) is 5.92 Å². The second-order valence-corrected chi connectivity index (χ2v) is 6.39. The molecule has 23 heavy (non-hydrogen) atoms. The number of hydrogen-bond acceptors (Lipinski definition) is 3. The van der Waals surface area contributed by atoms with E-state index in [0.29, 0.717) is 19.4 Å². The average molecular weight is 316 g/mol. The minimum absolute atomic E-state index is 0.0219. The first-order chi connectivity index (χ1) is 11.2. The van der Waals surface area contributed by atoms with E-state index in [1.54, 1.807) is 11.9 Å². The molecule has 3 rings (SSSR count). The molecule has 0 unspecified atom stereocenters. The monoisotopic (exact) mass is 316 g/mol. The molecule has 1 N–H and O–H groups in total. The van der Waals surface area contributed by atoms with Gasteiger partial charge in [0, 0.05) is 26.6 Å². The maximum absolute atomic E-state index is 12.7. The topological polar surface area (TPSA) is 58.6 Å². The lowest BCUT2D eigenvalue weighted by Gasteiger charge is -2.38. The number of piperidine rings is 1. The highest BCUT2D eigenvalue weighted by atomic mass is 16.5. The minimum atomic E-state index is -0.207. The fraction of sp³-hybridized carbons (Fsp3) is 0.556. The van der Waals surface area contributed by atoms with Gasteiger partial charge in [-0.25, -0.2) is 0 Å². The van der Waals surface area contributed by atoms with Crippen LogP contribution in [0.15, 0.2) is 30.3 Å². The van der Waals surface area contributed by atoms with Crippen LogP contribution in [-0.4, -0.2) is 43.0 Å². The molecule has 2 saturated heterocycles. The van der Waals surface area contributed by atoms with E-state index in [1.807, 2.05) is 30.3 Å². The molecule has 2 fully saturated rings. The number of rotatable bonds is 4. The van der Waals surface area contributed by atoms with Gasteiger partial charge >= 0.3 is 0 Å². The number of carbonyl (C=O) groups is 2. The molecule has 124 valence electrons. The summed E-state index contributed by atoms with van der Waals surface area (Å²) >= 11 is 0. The van der Waals surface area contributed by atoms with Crippen molar-refractivity contribution >= 4 is 11.8 Å². The molecule has 0 spiro atoms. The molecule has 5 nitrogen and oxygen atoms in total. The minimum Gasteiger partial charge on any atom is -0.376 e. The van der Waals surface area contributed by atoms with Crippen molar-refractivity contribution in [1.29, 1.82) is 0 Å². The van der Waals surface area contributed by atoms with Crippen molar-refractivity contribution in [2.45, 2.75) is 37.8 Å². The Morgan fingerprint density at radius 1 is 1.30 bits per heavy atom. The maximum atomic E-state index is 12.7. The lowest BCUT2D eigenvalue weighted by Crippen LogP contribution is -2.47. The Labute approximate surface area is 137 Å². The highest BCUT2D eigenvalue weighted by Gasteiger charge is 2.38. The Hall–Kier alpha value is -1.88. The Bertz CT molecular complexity index is 555. The van der Waals surface area contributed by atoms with E-state index in [-0.39, 0.29) is 29.9 Å². The Kier molecular flexibility index (Phi) is 4.96. The zero-order chi connectivity index (χ0) is 16.2. The Morgan fingerprint density at radius 2 is 2.09 bits per heavy atom. The van der Waals surface area contributed by atoms with Gasteiger partial charge in [-0.1, -0.05) is 30.3 Å². The molecular formula is C18H24N2O3. The highest BCUT2D eigenvalue weighted by Crippen LogP contribution is 2.35. The summed E-state index contributed by atoms with van der Waals surface area (Å²) in [5.74, 6) is -0.0859. The molecule has 1 aromatic carbocycles. The molecule has 2 heterocycles. The number of carbonyl (C=O) groups excluding carboxylic acids is 2.